The number of nitrogens with two attached hydrogens (primary N) is 1. The Labute approximate surface area is 124 Å². The van der Waals surface area contributed by atoms with E-state index in [2.05, 4.69) is 23.7 Å². The van der Waals surface area contributed by atoms with Gasteiger partial charge in [0.1, 0.15) is 5.82 Å². The summed E-state index contributed by atoms with van der Waals surface area (Å²) in [6.07, 6.45) is 1.18. The Morgan fingerprint density at radius 1 is 1.43 bits per heavy atom. The van der Waals surface area contributed by atoms with Crippen LogP contribution < -0.4 is 5.73 Å². The van der Waals surface area contributed by atoms with Gasteiger partial charge in [-0.3, -0.25) is 0 Å². The van der Waals surface area contributed by atoms with Gasteiger partial charge in [-0.1, -0.05) is 0 Å². The van der Waals surface area contributed by atoms with E-state index in [0.717, 1.165) is 25.2 Å². The summed E-state index contributed by atoms with van der Waals surface area (Å²) in [6, 6.07) is 3.92. The highest BCUT2D eigenvalue weighted by molar-refractivity contribution is 5.79. The third-order valence-electron chi connectivity index (χ3n) is 4.55. The molecule has 2 N–H and O–H groups in total. The van der Waals surface area contributed by atoms with Gasteiger partial charge >= 0.3 is 0 Å². The molecule has 3 rings (SSSR count). The summed E-state index contributed by atoms with van der Waals surface area (Å²) in [4.78, 5) is 6.79. The summed E-state index contributed by atoms with van der Waals surface area (Å²) in [5.74, 6) is 0.842. The molecule has 114 valence electrons. The van der Waals surface area contributed by atoms with E-state index < -0.39 is 0 Å². The number of nitrogens with zero attached hydrogens (tertiary/aromatic N) is 3. The lowest BCUT2D eigenvalue weighted by Crippen LogP contribution is -2.28. The largest absolute Gasteiger partial charge is 0.369 e. The van der Waals surface area contributed by atoms with Crippen molar-refractivity contribution in [1.29, 1.82) is 0 Å². The number of anilines is 1. The van der Waals surface area contributed by atoms with Gasteiger partial charge in [0.15, 0.2) is 0 Å². The van der Waals surface area contributed by atoms with E-state index in [-0.39, 0.29) is 5.82 Å². The molecule has 1 aromatic carbocycles. The SMILES string of the molecule is Cc1cc2c(cc1F)nc(N)n2CC1CCN(C(C)C)C1. The Bertz CT molecular complexity index is 662. The highest BCUT2D eigenvalue weighted by Gasteiger charge is 2.25. The Kier molecular flexibility index (Phi) is 3.61. The number of rotatable bonds is 3. The van der Waals surface area contributed by atoms with Gasteiger partial charge < -0.3 is 15.2 Å². The minimum Gasteiger partial charge on any atom is -0.369 e. The summed E-state index contributed by atoms with van der Waals surface area (Å²) in [5.41, 5.74) is 8.27. The molecule has 0 saturated carbocycles. The van der Waals surface area contributed by atoms with Crippen molar-refractivity contribution in [2.24, 2.45) is 5.92 Å². The number of imidazole rings is 1. The number of halogens is 1. The quantitative estimate of drug-likeness (QED) is 0.945. The van der Waals surface area contributed by atoms with Crippen LogP contribution >= 0.6 is 0 Å². The lowest BCUT2D eigenvalue weighted by molar-refractivity contribution is 0.261. The first kappa shape index (κ1) is 14.3. The van der Waals surface area contributed by atoms with Crippen molar-refractivity contribution in [3.63, 3.8) is 0 Å². The average Bonchev–Trinajstić information content (AvgIpc) is 2.98. The van der Waals surface area contributed by atoms with Crippen LogP contribution in [0.25, 0.3) is 11.0 Å². The number of hydrogen-bond donors (Lipinski definition) is 1. The molecule has 21 heavy (non-hydrogen) atoms. The zero-order chi connectivity index (χ0) is 15.1. The number of likely N-dealkylation sites (tertiary alicyclic amines) is 1. The Hall–Kier alpha value is -1.62. The Morgan fingerprint density at radius 2 is 2.19 bits per heavy atom. The standard InChI is InChI=1S/C16H23FN4/c1-10(2)20-5-4-12(8-20)9-21-15-6-11(3)13(17)7-14(15)19-16(21)18/h6-7,10,12H,4-5,8-9H2,1-3H3,(H2,18,19). The lowest BCUT2D eigenvalue weighted by atomic mass is 10.1. The molecule has 4 nitrogen and oxygen atoms in total. The summed E-state index contributed by atoms with van der Waals surface area (Å²) in [7, 11) is 0. The molecular formula is C16H23FN4. The Balaban J connectivity index is 1.87. The normalized spacial score (nSPS) is 20.0. The molecule has 0 spiro atoms. The average molecular weight is 290 g/mol. The van der Waals surface area contributed by atoms with Gasteiger partial charge in [0.2, 0.25) is 5.95 Å². The second-order valence-electron chi connectivity index (χ2n) is 6.41. The van der Waals surface area contributed by atoms with Crippen LogP contribution in [0.4, 0.5) is 10.3 Å². The molecule has 1 unspecified atom stereocenters. The van der Waals surface area contributed by atoms with Crippen molar-refractivity contribution < 1.29 is 4.39 Å². The first-order chi connectivity index (χ1) is 9.95. The van der Waals surface area contributed by atoms with Gasteiger partial charge in [0, 0.05) is 25.2 Å². The third kappa shape index (κ3) is 2.62. The van der Waals surface area contributed by atoms with Crippen molar-refractivity contribution in [3.8, 4) is 0 Å². The minimum absolute atomic E-state index is 0.223. The van der Waals surface area contributed by atoms with Crippen LogP contribution in [0, 0.1) is 18.7 Å². The van der Waals surface area contributed by atoms with Gasteiger partial charge in [0.25, 0.3) is 0 Å². The number of fused-ring (bicyclic) bond motifs is 1. The molecule has 2 aromatic rings. The van der Waals surface area contributed by atoms with Crippen molar-refractivity contribution in [3.05, 3.63) is 23.5 Å². The van der Waals surface area contributed by atoms with Crippen LogP contribution in [0.5, 0.6) is 0 Å². The van der Waals surface area contributed by atoms with Gasteiger partial charge in [-0.05, 0) is 51.3 Å². The molecule has 0 aliphatic carbocycles. The number of benzene rings is 1. The van der Waals surface area contributed by atoms with Crippen LogP contribution in [0.3, 0.4) is 0 Å². The topological polar surface area (TPSA) is 47.1 Å². The van der Waals surface area contributed by atoms with Crippen molar-refractivity contribution in [1.82, 2.24) is 14.5 Å². The van der Waals surface area contributed by atoms with E-state index in [1.807, 2.05) is 10.6 Å². The molecule has 1 aliphatic rings. The van der Waals surface area contributed by atoms with Crippen LogP contribution in [0.15, 0.2) is 12.1 Å². The molecule has 1 atom stereocenters. The van der Waals surface area contributed by atoms with E-state index in [1.165, 1.54) is 12.5 Å². The number of nitrogen functional groups attached to an aromatic ring is 1. The second-order valence-corrected chi connectivity index (χ2v) is 6.41. The molecular weight excluding hydrogens is 267 g/mol. The first-order valence-electron chi connectivity index (χ1n) is 7.61. The third-order valence-corrected chi connectivity index (χ3v) is 4.55. The van der Waals surface area contributed by atoms with Gasteiger partial charge in [-0.15, -0.1) is 0 Å². The summed E-state index contributed by atoms with van der Waals surface area (Å²) < 4.78 is 15.7. The van der Waals surface area contributed by atoms with E-state index in [1.54, 1.807) is 6.92 Å². The maximum Gasteiger partial charge on any atom is 0.201 e. The summed E-state index contributed by atoms with van der Waals surface area (Å²) in [6.45, 7) is 9.33. The number of hydrogen-bond acceptors (Lipinski definition) is 3. The monoisotopic (exact) mass is 290 g/mol. The molecule has 1 saturated heterocycles. The minimum atomic E-state index is -0.223. The van der Waals surface area contributed by atoms with E-state index in [4.69, 9.17) is 5.73 Å². The highest BCUT2D eigenvalue weighted by atomic mass is 19.1. The smallest absolute Gasteiger partial charge is 0.201 e. The van der Waals surface area contributed by atoms with Gasteiger partial charge in [-0.2, -0.15) is 0 Å². The van der Waals surface area contributed by atoms with Crippen molar-refractivity contribution in [2.45, 2.75) is 39.8 Å². The molecule has 0 bridgehead atoms. The van der Waals surface area contributed by atoms with E-state index >= 15 is 0 Å². The van der Waals surface area contributed by atoms with Crippen LogP contribution in [-0.2, 0) is 6.54 Å². The molecule has 1 aromatic heterocycles. The summed E-state index contributed by atoms with van der Waals surface area (Å²) >= 11 is 0. The number of aryl methyl sites for hydroxylation is 1. The van der Waals surface area contributed by atoms with Crippen LogP contribution in [-0.4, -0.2) is 33.6 Å². The predicted molar refractivity (Wildman–Crippen MR) is 83.7 cm³/mol. The zero-order valence-electron chi connectivity index (χ0n) is 12.9. The molecule has 1 fully saturated rings. The molecule has 2 heterocycles. The molecule has 0 amide bonds. The fraction of sp³-hybridized carbons (Fsp3) is 0.562. The predicted octanol–water partition coefficient (Wildman–Crippen LogP) is 2.80. The van der Waals surface area contributed by atoms with Crippen molar-refractivity contribution >= 4 is 17.0 Å². The first-order valence-corrected chi connectivity index (χ1v) is 7.61. The lowest BCUT2D eigenvalue weighted by Gasteiger charge is -2.20. The fourth-order valence-electron chi connectivity index (χ4n) is 3.20. The van der Waals surface area contributed by atoms with Crippen LogP contribution in [0.2, 0.25) is 0 Å². The Morgan fingerprint density at radius 3 is 2.86 bits per heavy atom. The molecule has 5 heteroatoms. The maximum atomic E-state index is 13.6. The van der Waals surface area contributed by atoms with E-state index in [9.17, 15) is 4.39 Å². The highest BCUT2D eigenvalue weighted by Crippen LogP contribution is 2.26. The number of aromatic nitrogens is 2. The van der Waals surface area contributed by atoms with Gasteiger partial charge in [-0.25, -0.2) is 9.37 Å². The molecule has 1 aliphatic heterocycles. The van der Waals surface area contributed by atoms with Crippen LogP contribution in [0.1, 0.15) is 25.8 Å². The van der Waals surface area contributed by atoms with E-state index in [0.29, 0.717) is 29.0 Å². The second kappa shape index (κ2) is 5.30. The fourth-order valence-corrected chi connectivity index (χ4v) is 3.20. The zero-order valence-corrected chi connectivity index (χ0v) is 12.9. The molecule has 0 radical (unpaired) electrons. The van der Waals surface area contributed by atoms with Crippen molar-refractivity contribution in [2.75, 3.05) is 18.8 Å². The maximum absolute atomic E-state index is 13.6. The van der Waals surface area contributed by atoms with Gasteiger partial charge in [0.05, 0.1) is 11.0 Å². The summed E-state index contributed by atoms with van der Waals surface area (Å²) in [5, 5.41) is 0.